The highest BCUT2D eigenvalue weighted by Gasteiger charge is 2.47. The topological polar surface area (TPSA) is 309 Å². The minimum Gasteiger partial charge on any atom is -0.369 e. The van der Waals surface area contributed by atoms with Crippen LogP contribution in [-0.4, -0.2) is 86.5 Å². The lowest BCUT2D eigenvalue weighted by molar-refractivity contribution is -0.0661. The Morgan fingerprint density at radius 2 is 1.16 bits per heavy atom. The second kappa shape index (κ2) is 10.5. The van der Waals surface area contributed by atoms with Gasteiger partial charge >= 0.3 is 15.6 Å². The van der Waals surface area contributed by atoms with E-state index in [0.29, 0.717) is 0 Å². The van der Waals surface area contributed by atoms with Gasteiger partial charge in [-0.15, -0.1) is 0 Å². The molecule has 0 bridgehead atoms. The first-order valence-corrected chi connectivity index (χ1v) is 15.9. The summed E-state index contributed by atoms with van der Waals surface area (Å²) in [5.74, 6) is -0.351. The molecule has 44 heavy (non-hydrogen) atoms. The first kappa shape index (κ1) is 29.2. The number of aromatic nitrogens is 8. The fourth-order valence-electron chi connectivity index (χ4n) is 5.31. The van der Waals surface area contributed by atoms with Gasteiger partial charge in [-0.05, 0) is 0 Å². The number of phosphoric ester groups is 2. The minimum atomic E-state index is -4.80. The van der Waals surface area contributed by atoms with E-state index in [2.05, 4.69) is 29.9 Å². The Kier molecular flexibility index (Phi) is 6.97. The molecule has 3 aliphatic heterocycles. The first-order chi connectivity index (χ1) is 20.9. The van der Waals surface area contributed by atoms with Gasteiger partial charge in [-0.1, -0.05) is 0 Å². The molecule has 4 unspecified atom stereocenters. The molecule has 24 heteroatoms. The first-order valence-electron chi connectivity index (χ1n) is 12.9. The molecule has 3 saturated heterocycles. The fourth-order valence-corrected chi connectivity index (χ4v) is 7.23. The van der Waals surface area contributed by atoms with Crippen LogP contribution in [0.3, 0.4) is 0 Å². The number of nitrogen functional groups attached to an aromatic ring is 2. The van der Waals surface area contributed by atoms with Crippen molar-refractivity contribution < 1.29 is 46.5 Å². The molecular formula is C20H24N10O12P2. The van der Waals surface area contributed by atoms with E-state index in [1.165, 1.54) is 21.8 Å². The molecule has 0 amide bonds. The average Bonchev–Trinajstić information content (AvgIpc) is 3.70. The lowest BCUT2D eigenvalue weighted by Gasteiger charge is -2.26. The van der Waals surface area contributed by atoms with Gasteiger partial charge in [0, 0.05) is 12.8 Å². The van der Waals surface area contributed by atoms with Crippen LogP contribution in [0.5, 0.6) is 0 Å². The van der Waals surface area contributed by atoms with Gasteiger partial charge in [-0.3, -0.25) is 46.8 Å². The smallest absolute Gasteiger partial charge is 0.369 e. The van der Waals surface area contributed by atoms with E-state index in [1.54, 1.807) is 0 Å². The van der Waals surface area contributed by atoms with Crippen LogP contribution in [0, 0.1) is 0 Å². The lowest BCUT2D eigenvalue weighted by atomic mass is 10.2. The van der Waals surface area contributed by atoms with E-state index in [1.807, 2.05) is 0 Å². The summed E-state index contributed by atoms with van der Waals surface area (Å²) in [4.78, 5) is 66.4. The number of phosphoric acid groups is 2. The van der Waals surface area contributed by atoms with Crippen LogP contribution in [0.25, 0.3) is 22.3 Å². The summed E-state index contributed by atoms with van der Waals surface area (Å²) in [6.45, 7) is -1.23. The number of nitrogens with one attached hydrogen (secondary N) is 2. The maximum Gasteiger partial charge on any atom is 0.472 e. The quantitative estimate of drug-likeness (QED) is 0.141. The molecule has 3 fully saturated rings. The summed E-state index contributed by atoms with van der Waals surface area (Å²) in [7, 11) is -9.60. The Labute approximate surface area is 243 Å². The summed E-state index contributed by atoms with van der Waals surface area (Å²) < 4.78 is 61.9. The molecule has 8 atom stereocenters. The Morgan fingerprint density at radius 3 is 1.57 bits per heavy atom. The number of imidazole rings is 2. The Hall–Kier alpha value is -3.56. The maximum absolute atomic E-state index is 13.0. The van der Waals surface area contributed by atoms with Gasteiger partial charge in [0.2, 0.25) is 11.9 Å². The van der Waals surface area contributed by atoms with Gasteiger partial charge in [0.05, 0.1) is 25.9 Å². The molecule has 4 aromatic rings. The van der Waals surface area contributed by atoms with Gasteiger partial charge in [-0.25, -0.2) is 19.1 Å². The van der Waals surface area contributed by atoms with Crippen LogP contribution in [0.1, 0.15) is 25.3 Å². The zero-order chi connectivity index (χ0) is 31.0. The highest BCUT2D eigenvalue weighted by molar-refractivity contribution is 7.47. The molecule has 3 aliphatic rings. The maximum atomic E-state index is 13.0. The average molecular weight is 658 g/mol. The van der Waals surface area contributed by atoms with Gasteiger partial charge in [0.15, 0.2) is 22.3 Å². The van der Waals surface area contributed by atoms with Crippen LogP contribution in [-0.2, 0) is 36.7 Å². The normalized spacial score (nSPS) is 34.9. The van der Waals surface area contributed by atoms with Crippen LogP contribution in [0.15, 0.2) is 22.2 Å². The number of aromatic amines is 2. The zero-order valence-electron chi connectivity index (χ0n) is 22.2. The Balaban J connectivity index is 1.13. The lowest BCUT2D eigenvalue weighted by Crippen LogP contribution is -2.32. The van der Waals surface area contributed by atoms with Crippen LogP contribution in [0.2, 0.25) is 0 Å². The minimum absolute atomic E-state index is 0.0325. The van der Waals surface area contributed by atoms with Gasteiger partial charge in [0.1, 0.15) is 36.9 Å². The third-order valence-electron chi connectivity index (χ3n) is 7.22. The number of ether oxygens (including phenoxy) is 2. The number of nitrogens with zero attached hydrogens (tertiary/aromatic N) is 6. The highest BCUT2D eigenvalue weighted by Crippen LogP contribution is 2.53. The molecule has 7 heterocycles. The summed E-state index contributed by atoms with van der Waals surface area (Å²) in [6.07, 6.45) is -4.37. The second-order valence-corrected chi connectivity index (χ2v) is 12.9. The van der Waals surface area contributed by atoms with Crippen molar-refractivity contribution in [2.45, 2.75) is 49.7 Å². The van der Waals surface area contributed by atoms with Crippen LogP contribution < -0.4 is 22.6 Å². The van der Waals surface area contributed by atoms with Crippen molar-refractivity contribution in [2.75, 3.05) is 24.7 Å². The van der Waals surface area contributed by atoms with Crippen molar-refractivity contribution >= 4 is 49.9 Å². The number of hydrogen-bond acceptors (Lipinski definition) is 16. The summed E-state index contributed by atoms with van der Waals surface area (Å²) >= 11 is 0. The molecule has 7 rings (SSSR count). The number of anilines is 2. The molecule has 4 aromatic heterocycles. The van der Waals surface area contributed by atoms with Gasteiger partial charge in [-0.2, -0.15) is 9.97 Å². The van der Waals surface area contributed by atoms with E-state index < -0.39 is 76.8 Å². The largest absolute Gasteiger partial charge is 0.472 e. The predicted octanol–water partition coefficient (Wildman–Crippen LogP) is -0.990. The second-order valence-electron chi connectivity index (χ2n) is 10.1. The molecule has 0 saturated carbocycles. The van der Waals surface area contributed by atoms with Crippen LogP contribution >= 0.6 is 15.6 Å². The summed E-state index contributed by atoms with van der Waals surface area (Å²) in [6, 6.07) is 0. The van der Waals surface area contributed by atoms with Crippen molar-refractivity contribution in [2.24, 2.45) is 0 Å². The molecule has 0 spiro atoms. The Bertz CT molecular complexity index is 1840. The molecule has 22 nitrogen and oxygen atoms in total. The monoisotopic (exact) mass is 658 g/mol. The zero-order valence-corrected chi connectivity index (χ0v) is 23.9. The van der Waals surface area contributed by atoms with Gasteiger partial charge < -0.3 is 30.7 Å². The van der Waals surface area contributed by atoms with E-state index in [-0.39, 0.29) is 47.1 Å². The molecule has 0 aliphatic carbocycles. The van der Waals surface area contributed by atoms with E-state index >= 15 is 0 Å². The number of H-pyrrole nitrogens is 2. The standard InChI is InChI=1S/C20H24N10O12P2/c21-19-25-15-13(17(31)27-19)23-5-29(15)11-1-7-9(39-11)3-37-44(35,36)42-8-2-12(40-10(8)4-38-43(33,34)41-7)30-6-24-14-16(30)26-20(22)28-18(14)32/h5-12H,1-4H2,(H,33,34)(H,35,36)(H3,21,25,27,31)(H3,22,26,28,32)/t7?,8?,9-,10-,11+,12+/m0/s1. The van der Waals surface area contributed by atoms with Crippen molar-refractivity contribution in [3.05, 3.63) is 33.4 Å². The molecule has 236 valence electrons. The van der Waals surface area contributed by atoms with Crippen molar-refractivity contribution in [3.8, 4) is 0 Å². The molecular weight excluding hydrogens is 634 g/mol. The predicted molar refractivity (Wildman–Crippen MR) is 143 cm³/mol. The number of rotatable bonds is 2. The molecule has 8 N–H and O–H groups in total. The van der Waals surface area contributed by atoms with E-state index in [9.17, 15) is 28.5 Å². The third-order valence-corrected chi connectivity index (χ3v) is 9.25. The molecule has 0 aromatic carbocycles. The molecule has 0 radical (unpaired) electrons. The highest BCUT2D eigenvalue weighted by atomic mass is 31.2. The number of hydrogen-bond donors (Lipinski definition) is 6. The SMILES string of the molecule is Nc1nc2c(ncn2[C@H]2CC3OP(=O)(O)OC[C@@H]4O[C@@H](n5cnc6c(=O)[nH]c(N)nc65)CC4OP(=O)(O)OC[C@@H]3O2)c(=O)[nH]1. The van der Waals surface area contributed by atoms with Crippen LogP contribution in [0.4, 0.5) is 11.9 Å². The van der Waals surface area contributed by atoms with E-state index in [4.69, 9.17) is 39.0 Å². The Morgan fingerprint density at radius 1 is 0.750 bits per heavy atom. The van der Waals surface area contributed by atoms with E-state index in [0.717, 1.165) is 0 Å². The van der Waals surface area contributed by atoms with Gasteiger partial charge in [0.25, 0.3) is 11.1 Å². The summed E-state index contributed by atoms with van der Waals surface area (Å²) in [5.41, 5.74) is 10.2. The number of nitrogens with two attached hydrogens (primary N) is 2. The summed E-state index contributed by atoms with van der Waals surface area (Å²) in [5, 5.41) is 0. The van der Waals surface area contributed by atoms with Crippen molar-refractivity contribution in [1.82, 2.24) is 39.0 Å². The van der Waals surface area contributed by atoms with Crippen molar-refractivity contribution in [3.63, 3.8) is 0 Å². The van der Waals surface area contributed by atoms with Crippen molar-refractivity contribution in [1.29, 1.82) is 0 Å². The number of fused-ring (bicyclic) bond motifs is 4. The fraction of sp³-hybridized carbons (Fsp3) is 0.500. The third kappa shape index (κ3) is 5.34.